The Morgan fingerprint density at radius 2 is 1.97 bits per heavy atom. The van der Waals surface area contributed by atoms with Gasteiger partial charge in [-0.25, -0.2) is 8.78 Å². The van der Waals surface area contributed by atoms with Crippen molar-refractivity contribution in [2.75, 3.05) is 36.9 Å². The Morgan fingerprint density at radius 1 is 1.22 bits per heavy atom. The van der Waals surface area contributed by atoms with Crippen LogP contribution in [0.3, 0.4) is 0 Å². The number of hydrogen-bond acceptors (Lipinski definition) is 5. The minimum absolute atomic E-state index is 0.0233. The number of benzene rings is 2. The molecule has 0 radical (unpaired) electrons. The van der Waals surface area contributed by atoms with Gasteiger partial charge >= 0.3 is 0 Å². The molecule has 10 heteroatoms. The van der Waals surface area contributed by atoms with E-state index in [2.05, 4.69) is 27.7 Å². The number of hydrogen-bond donors (Lipinski definition) is 2. The van der Waals surface area contributed by atoms with E-state index in [0.717, 1.165) is 18.2 Å². The molecule has 0 saturated carbocycles. The maximum Gasteiger partial charge on any atom is 0.198 e. The summed E-state index contributed by atoms with van der Waals surface area (Å²) in [7, 11) is 2.01. The first kappa shape index (κ1) is 25.7. The molecule has 1 atom stereocenters. The number of rotatable bonds is 5. The number of pyridine rings is 1. The quantitative estimate of drug-likeness (QED) is 0.304. The first-order valence-electron chi connectivity index (χ1n) is 12.0. The van der Waals surface area contributed by atoms with E-state index in [4.69, 9.17) is 12.2 Å². The molecule has 0 aliphatic carbocycles. The molecule has 1 unspecified atom stereocenters. The second kappa shape index (κ2) is 11.1. The van der Waals surface area contributed by atoms with Crippen LogP contribution >= 0.6 is 12.2 Å². The van der Waals surface area contributed by atoms with Crippen LogP contribution in [0.5, 0.6) is 0 Å². The zero-order valence-corrected chi connectivity index (χ0v) is 21.4. The maximum atomic E-state index is 15.8. The highest BCUT2D eigenvalue weighted by Gasteiger charge is 2.26. The molecule has 2 aromatic carbocycles. The summed E-state index contributed by atoms with van der Waals surface area (Å²) < 4.78 is 32.7. The number of para-hydroxylation sites is 1. The third-order valence-corrected chi connectivity index (χ3v) is 6.80. The lowest BCUT2D eigenvalue weighted by Gasteiger charge is -2.25. The highest BCUT2D eigenvalue weighted by molar-refractivity contribution is 7.80. The van der Waals surface area contributed by atoms with Crippen LogP contribution in [-0.4, -0.2) is 53.5 Å². The molecule has 1 aliphatic heterocycles. The number of likely N-dealkylation sites (N-methyl/N-ethyl adjacent to an activating group) is 1. The van der Waals surface area contributed by atoms with Gasteiger partial charge in [0.05, 0.1) is 22.7 Å². The van der Waals surface area contributed by atoms with Gasteiger partial charge in [-0.15, -0.1) is 0 Å². The van der Waals surface area contributed by atoms with E-state index in [1.807, 2.05) is 44.3 Å². The summed E-state index contributed by atoms with van der Waals surface area (Å²) in [6.07, 6.45) is 3.63. The van der Waals surface area contributed by atoms with Gasteiger partial charge < -0.3 is 19.7 Å². The SMILES string of the molecule is CCn1cc(/C=N/NC(=S)Nc2ccccc2)c(=O)c2cc(F)c(N3CCC(C)N(C)CC3)c(F)c21. The minimum atomic E-state index is -0.739. The molecule has 2 heterocycles. The zero-order chi connectivity index (χ0) is 25.8. The van der Waals surface area contributed by atoms with Crippen molar-refractivity contribution in [1.82, 2.24) is 14.9 Å². The van der Waals surface area contributed by atoms with Gasteiger partial charge in [-0.3, -0.25) is 10.2 Å². The Labute approximate surface area is 214 Å². The predicted octanol–water partition coefficient (Wildman–Crippen LogP) is 4.15. The van der Waals surface area contributed by atoms with E-state index < -0.39 is 17.1 Å². The van der Waals surface area contributed by atoms with Gasteiger partial charge in [-0.2, -0.15) is 5.10 Å². The van der Waals surface area contributed by atoms with Crippen LogP contribution in [0.1, 0.15) is 25.8 Å². The lowest BCUT2D eigenvalue weighted by Crippen LogP contribution is -2.32. The Balaban J connectivity index is 1.65. The lowest BCUT2D eigenvalue weighted by atomic mass is 10.1. The second-order valence-electron chi connectivity index (χ2n) is 8.91. The monoisotopic (exact) mass is 512 g/mol. The van der Waals surface area contributed by atoms with Gasteiger partial charge in [-0.05, 0) is 57.7 Å². The number of aryl methyl sites for hydroxylation is 1. The van der Waals surface area contributed by atoms with Crippen LogP contribution in [-0.2, 0) is 6.54 Å². The molecule has 7 nitrogen and oxygen atoms in total. The number of anilines is 2. The summed E-state index contributed by atoms with van der Waals surface area (Å²) in [5, 5.41) is 7.24. The largest absolute Gasteiger partial charge is 0.365 e. The van der Waals surface area contributed by atoms with Crippen molar-refractivity contribution in [3.05, 3.63) is 70.0 Å². The van der Waals surface area contributed by atoms with E-state index in [1.54, 1.807) is 9.47 Å². The number of nitrogens with zero attached hydrogens (tertiary/aromatic N) is 4. The Hall–Kier alpha value is -3.37. The second-order valence-corrected chi connectivity index (χ2v) is 9.32. The van der Waals surface area contributed by atoms with E-state index in [-0.39, 0.29) is 27.3 Å². The molecule has 3 aromatic rings. The van der Waals surface area contributed by atoms with Crippen molar-refractivity contribution in [3.63, 3.8) is 0 Å². The highest BCUT2D eigenvalue weighted by atomic mass is 32.1. The smallest absolute Gasteiger partial charge is 0.198 e. The molecule has 1 saturated heterocycles. The summed E-state index contributed by atoms with van der Waals surface area (Å²) in [6, 6.07) is 10.8. The molecule has 1 fully saturated rings. The highest BCUT2D eigenvalue weighted by Crippen LogP contribution is 2.31. The van der Waals surface area contributed by atoms with Gasteiger partial charge in [0.1, 0.15) is 11.5 Å². The van der Waals surface area contributed by atoms with Crippen molar-refractivity contribution in [2.24, 2.45) is 5.10 Å². The Bertz CT molecular complexity index is 1330. The number of aromatic nitrogens is 1. The topological polar surface area (TPSA) is 64.9 Å². The lowest BCUT2D eigenvalue weighted by molar-refractivity contribution is 0.272. The fraction of sp³-hybridized carbons (Fsp3) is 0.346. The molecule has 4 rings (SSSR count). The van der Waals surface area contributed by atoms with Gasteiger partial charge in [0.2, 0.25) is 0 Å². The van der Waals surface area contributed by atoms with Gasteiger partial charge in [0.15, 0.2) is 16.4 Å². The molecule has 0 bridgehead atoms. The summed E-state index contributed by atoms with van der Waals surface area (Å²) in [4.78, 5) is 17.1. The number of halogens is 2. The van der Waals surface area contributed by atoms with E-state index in [9.17, 15) is 4.79 Å². The summed E-state index contributed by atoms with van der Waals surface area (Å²) in [6.45, 7) is 6.07. The zero-order valence-electron chi connectivity index (χ0n) is 20.6. The van der Waals surface area contributed by atoms with Gasteiger partial charge in [-0.1, -0.05) is 18.2 Å². The number of hydrazone groups is 1. The van der Waals surface area contributed by atoms with Crippen LogP contribution in [0.15, 0.2) is 52.5 Å². The fourth-order valence-electron chi connectivity index (χ4n) is 4.37. The van der Waals surface area contributed by atoms with Crippen LogP contribution < -0.4 is 21.1 Å². The Morgan fingerprint density at radius 3 is 2.69 bits per heavy atom. The third-order valence-electron chi connectivity index (χ3n) is 6.61. The van der Waals surface area contributed by atoms with Gasteiger partial charge in [0, 0.05) is 44.1 Å². The molecule has 1 aliphatic rings. The molecule has 0 amide bonds. The van der Waals surface area contributed by atoms with Crippen molar-refractivity contribution >= 4 is 45.8 Å². The fourth-order valence-corrected chi connectivity index (χ4v) is 4.54. The first-order chi connectivity index (χ1) is 17.3. The number of fused-ring (bicyclic) bond motifs is 1. The van der Waals surface area contributed by atoms with Crippen LogP contribution in [0.25, 0.3) is 10.9 Å². The molecule has 2 N–H and O–H groups in total. The molecule has 36 heavy (non-hydrogen) atoms. The molecular weight excluding hydrogens is 482 g/mol. The average Bonchev–Trinajstić information content (AvgIpc) is 3.02. The molecule has 190 valence electrons. The molecule has 0 spiro atoms. The first-order valence-corrected chi connectivity index (χ1v) is 12.4. The van der Waals surface area contributed by atoms with E-state index in [1.165, 1.54) is 12.4 Å². The van der Waals surface area contributed by atoms with E-state index in [0.29, 0.717) is 32.2 Å². The van der Waals surface area contributed by atoms with Crippen molar-refractivity contribution in [1.29, 1.82) is 0 Å². The average molecular weight is 513 g/mol. The number of nitrogens with one attached hydrogen (secondary N) is 2. The van der Waals surface area contributed by atoms with Crippen LogP contribution in [0.4, 0.5) is 20.2 Å². The summed E-state index contributed by atoms with van der Waals surface area (Å²) in [5.41, 5.74) is 3.16. The maximum absolute atomic E-state index is 15.8. The molecule has 1 aromatic heterocycles. The number of thiocarbonyl (C=S) groups is 1. The van der Waals surface area contributed by atoms with Crippen molar-refractivity contribution in [2.45, 2.75) is 32.9 Å². The van der Waals surface area contributed by atoms with E-state index >= 15 is 8.78 Å². The van der Waals surface area contributed by atoms with Crippen molar-refractivity contribution < 1.29 is 8.78 Å². The minimum Gasteiger partial charge on any atom is -0.365 e. The summed E-state index contributed by atoms with van der Waals surface area (Å²) in [5.74, 6) is -1.45. The van der Waals surface area contributed by atoms with Crippen molar-refractivity contribution in [3.8, 4) is 0 Å². The predicted molar refractivity (Wildman–Crippen MR) is 146 cm³/mol. The van der Waals surface area contributed by atoms with Crippen LogP contribution in [0.2, 0.25) is 0 Å². The van der Waals surface area contributed by atoms with Gasteiger partial charge in [0.25, 0.3) is 0 Å². The normalized spacial score (nSPS) is 16.9. The van der Waals surface area contributed by atoms with Crippen LogP contribution in [0, 0.1) is 11.6 Å². The Kier molecular flexibility index (Phi) is 7.95. The molecular formula is C26H30F2N6OS. The third kappa shape index (κ3) is 5.39. The summed E-state index contributed by atoms with van der Waals surface area (Å²) >= 11 is 5.22. The standard InChI is InChI=1S/C26H30F2N6OS/c1-4-33-16-18(15-29-31-26(36)30-19-8-6-5-7-9-19)25(35)20-14-21(27)24(22(28)23(20)33)34-11-10-17(2)32(3)12-13-34/h5-9,14-17H,4,10-13H2,1-3H3,(H2,30,31,36)/b29-15+.